The molecule has 2 aromatic carbocycles. The Morgan fingerprint density at radius 1 is 0.824 bits per heavy atom. The van der Waals surface area contributed by atoms with E-state index in [1.54, 1.807) is 0 Å². The Labute approximate surface area is 292 Å². The third-order valence-corrected chi connectivity index (χ3v) is 14.3. The van der Waals surface area contributed by atoms with Gasteiger partial charge in [0.25, 0.3) is 5.95 Å². The second kappa shape index (κ2) is 15.4. The number of hydrogen-bond donors (Lipinski definition) is 0. The molecule has 1 heterocycles. The Balaban J connectivity index is 1.79. The van der Waals surface area contributed by atoms with Crippen LogP contribution in [0, 0.1) is 5.92 Å². The quantitative estimate of drug-likeness (QED) is 0.136. The van der Waals surface area contributed by atoms with Gasteiger partial charge in [0.05, 0.1) is 29.3 Å². The summed E-state index contributed by atoms with van der Waals surface area (Å²) in [5.74, 6) is -0.214. The van der Waals surface area contributed by atoms with Crippen molar-refractivity contribution in [2.45, 2.75) is 115 Å². The minimum absolute atomic E-state index is 0.00889. The monoisotopic (exact) mass is 753 g/mol. The molecule has 1 atom stereocenters. The highest BCUT2D eigenvalue weighted by atomic mass is 28.4. The van der Waals surface area contributed by atoms with Crippen molar-refractivity contribution in [3.8, 4) is 0 Å². The normalized spacial score (nSPS) is 16.1. The fraction of sp³-hybridized carbons (Fsp3) is 0.618. The zero-order valence-electron chi connectivity index (χ0n) is 29.4. The van der Waals surface area contributed by atoms with E-state index >= 15 is 0 Å². The molecule has 285 valence electrons. The first-order chi connectivity index (χ1) is 23.5. The Kier molecular flexibility index (Phi) is 12.3. The van der Waals surface area contributed by atoms with E-state index in [4.69, 9.17) is 9.16 Å². The van der Waals surface area contributed by atoms with Crippen molar-refractivity contribution in [3.63, 3.8) is 0 Å². The Morgan fingerprint density at radius 2 is 1.41 bits per heavy atom. The van der Waals surface area contributed by atoms with Gasteiger partial charge in [0, 0.05) is 26.8 Å². The molecule has 51 heavy (non-hydrogen) atoms. The number of alkyl halides is 9. The van der Waals surface area contributed by atoms with Crippen LogP contribution >= 0.6 is 0 Å². The Bertz CT molecular complexity index is 1580. The first-order valence-corrected chi connectivity index (χ1v) is 19.6. The maximum absolute atomic E-state index is 14.0. The highest BCUT2D eigenvalue weighted by Crippen LogP contribution is 2.41. The van der Waals surface area contributed by atoms with Crippen LogP contribution in [0.15, 0.2) is 36.4 Å². The van der Waals surface area contributed by atoms with E-state index in [-0.39, 0.29) is 41.7 Å². The highest BCUT2D eigenvalue weighted by molar-refractivity contribution is 6.74. The summed E-state index contributed by atoms with van der Waals surface area (Å²) in [7, 11) is -0.704. The molecule has 1 aromatic heterocycles. The lowest BCUT2D eigenvalue weighted by Crippen LogP contribution is -2.41. The van der Waals surface area contributed by atoms with Crippen molar-refractivity contribution < 1.29 is 48.7 Å². The summed E-state index contributed by atoms with van der Waals surface area (Å²) in [5, 5.41) is 12.3. The number of nitrogens with zero attached hydrogens (tertiary/aromatic N) is 5. The van der Waals surface area contributed by atoms with Gasteiger partial charge in [-0.05, 0) is 79.3 Å². The van der Waals surface area contributed by atoms with E-state index in [9.17, 15) is 39.5 Å². The summed E-state index contributed by atoms with van der Waals surface area (Å²) in [6.07, 6.45) is -11.2. The summed E-state index contributed by atoms with van der Waals surface area (Å²) in [6, 6.07) is 4.37. The molecule has 0 radical (unpaired) electrons. The smallest absolute Gasteiger partial charge is 0.416 e. The maximum Gasteiger partial charge on any atom is 0.416 e. The average molecular weight is 754 g/mol. The number of anilines is 1. The molecule has 0 N–H and O–H groups in total. The molecular formula is C34H44F9N5O2Si-. The van der Waals surface area contributed by atoms with Crippen LogP contribution in [0.2, 0.25) is 18.1 Å². The van der Waals surface area contributed by atoms with Gasteiger partial charge in [-0.15, -0.1) is 23.2 Å². The van der Waals surface area contributed by atoms with Crippen LogP contribution in [0.3, 0.4) is 0 Å². The molecule has 1 aliphatic rings. The molecule has 7 nitrogen and oxygen atoms in total. The van der Waals surface area contributed by atoms with Gasteiger partial charge < -0.3 is 14.1 Å². The zero-order valence-corrected chi connectivity index (χ0v) is 30.4. The average Bonchev–Trinajstić information content (AvgIpc) is 3.49. The molecule has 0 spiro atoms. The van der Waals surface area contributed by atoms with Crippen LogP contribution < -0.4 is 4.90 Å². The number of halogens is 9. The van der Waals surface area contributed by atoms with E-state index in [0.717, 1.165) is 44.2 Å². The molecule has 0 aliphatic heterocycles. The van der Waals surface area contributed by atoms with Crippen molar-refractivity contribution in [2.75, 3.05) is 18.6 Å². The number of ether oxygens (including phenoxy) is 1. The molecule has 4 rings (SSSR count). The van der Waals surface area contributed by atoms with E-state index in [1.165, 1.54) is 22.9 Å². The molecule has 0 bridgehead atoms. The largest absolute Gasteiger partial charge is 0.563 e. The Morgan fingerprint density at radius 3 is 1.94 bits per heavy atom. The first-order valence-electron chi connectivity index (χ1n) is 16.7. The lowest BCUT2D eigenvalue weighted by molar-refractivity contribution is -0.143. The molecular weight excluding hydrogens is 709 g/mol. The van der Waals surface area contributed by atoms with Crippen LogP contribution in [-0.4, -0.2) is 42.2 Å². The number of benzene rings is 2. The second-order valence-electron chi connectivity index (χ2n) is 14.5. The van der Waals surface area contributed by atoms with E-state index in [2.05, 4.69) is 36.2 Å². The van der Waals surface area contributed by atoms with Crippen LogP contribution in [0.1, 0.15) is 92.4 Å². The predicted molar refractivity (Wildman–Crippen MR) is 175 cm³/mol. The van der Waals surface area contributed by atoms with Crippen molar-refractivity contribution in [3.05, 3.63) is 69.8 Å². The molecule has 1 aliphatic carbocycles. The highest BCUT2D eigenvalue weighted by Gasteiger charge is 2.38. The number of methoxy groups -OCH3 is 1. The van der Waals surface area contributed by atoms with Gasteiger partial charge in [0.15, 0.2) is 0 Å². The molecule has 0 saturated heterocycles. The molecule has 3 aromatic rings. The van der Waals surface area contributed by atoms with Crippen molar-refractivity contribution >= 4 is 14.3 Å². The standard InChI is InChI=1S/C34H44F9N5O2Si/c1-31(2,3)51(5,6)50-15-14-48-45-30(44-46-48)47(20-22-16-26(33(38,39)40)19-27(17-22)34(41,42)43)21-24-18-25(32(35,36)37)12-13-28(24)29(49-4)23-10-8-7-9-11-23/h12-13,16-19,23,29H,7-11,14-15,20-21H2,1-6H3/q-1. The molecule has 0 amide bonds. The summed E-state index contributed by atoms with van der Waals surface area (Å²) >= 11 is 0. The van der Waals surface area contributed by atoms with Gasteiger partial charge in [0.1, 0.15) is 0 Å². The summed E-state index contributed by atoms with van der Waals surface area (Å²) in [5.41, 5.74) is -3.89. The third kappa shape index (κ3) is 10.5. The third-order valence-electron chi connectivity index (χ3n) is 9.78. The van der Waals surface area contributed by atoms with Crippen LogP contribution in [0.4, 0.5) is 45.5 Å². The second-order valence-corrected chi connectivity index (χ2v) is 19.3. The SMILES string of the molecule is COC(c1ccc(C(F)(F)F)cc1CN(Cc1cc(C(F)(F)F)cc(C(F)(F)F)c1)c1nnn(CCO[Si-](C)(C)C(C)(C)C)n1)C1CCCCC1. The topological polar surface area (TPSA) is 65.3 Å². The zero-order chi connectivity index (χ0) is 38.0. The van der Waals surface area contributed by atoms with Crippen LogP contribution in [-0.2, 0) is 47.3 Å². The summed E-state index contributed by atoms with van der Waals surface area (Å²) < 4.78 is 137. The van der Waals surface area contributed by atoms with E-state index < -0.39 is 68.3 Å². The van der Waals surface area contributed by atoms with Gasteiger partial charge in [-0.2, -0.15) is 44.3 Å². The summed E-state index contributed by atoms with van der Waals surface area (Å²) in [6.45, 7) is 9.58. The number of rotatable bonds is 12. The lowest BCUT2D eigenvalue weighted by atomic mass is 9.81. The van der Waals surface area contributed by atoms with Gasteiger partial charge in [-0.1, -0.05) is 51.2 Å². The van der Waals surface area contributed by atoms with Crippen LogP contribution in [0.5, 0.6) is 0 Å². The van der Waals surface area contributed by atoms with Crippen molar-refractivity contribution in [2.24, 2.45) is 5.92 Å². The van der Waals surface area contributed by atoms with Gasteiger partial charge in [-0.25, -0.2) is 0 Å². The van der Waals surface area contributed by atoms with Gasteiger partial charge in [-0.3, -0.25) is 0 Å². The Hall–Kier alpha value is -3.18. The molecule has 1 saturated carbocycles. The number of tetrazole rings is 1. The minimum Gasteiger partial charge on any atom is -0.563 e. The first kappa shape index (κ1) is 40.6. The predicted octanol–water partition coefficient (Wildman–Crippen LogP) is 10.2. The van der Waals surface area contributed by atoms with Gasteiger partial charge in [0.2, 0.25) is 0 Å². The minimum atomic E-state index is -5.10. The van der Waals surface area contributed by atoms with E-state index in [1.807, 2.05) is 13.1 Å². The maximum atomic E-state index is 14.0. The summed E-state index contributed by atoms with van der Waals surface area (Å²) in [4.78, 5) is 2.40. The number of hydrogen-bond acceptors (Lipinski definition) is 6. The van der Waals surface area contributed by atoms with E-state index in [0.29, 0.717) is 17.7 Å². The van der Waals surface area contributed by atoms with Crippen molar-refractivity contribution in [1.82, 2.24) is 20.2 Å². The van der Waals surface area contributed by atoms with Gasteiger partial charge >= 0.3 is 18.5 Å². The fourth-order valence-corrected chi connectivity index (χ4v) is 7.03. The van der Waals surface area contributed by atoms with Crippen LogP contribution in [0.25, 0.3) is 0 Å². The molecule has 1 fully saturated rings. The van der Waals surface area contributed by atoms with Crippen molar-refractivity contribution in [1.29, 1.82) is 0 Å². The fourth-order valence-electron chi connectivity index (χ4n) is 6.00. The molecule has 17 heteroatoms. The lowest BCUT2D eigenvalue weighted by Gasteiger charge is -2.48. The molecule has 1 unspecified atom stereocenters. The number of aromatic nitrogens is 4.